The summed E-state index contributed by atoms with van der Waals surface area (Å²) in [6, 6.07) is 20.2. The van der Waals surface area contributed by atoms with E-state index in [0.717, 1.165) is 49.2 Å². The van der Waals surface area contributed by atoms with Crippen LogP contribution in [-0.4, -0.2) is 30.3 Å². The lowest BCUT2D eigenvalue weighted by Crippen LogP contribution is -2.31. The van der Waals surface area contributed by atoms with Crippen LogP contribution in [0.1, 0.15) is 36.8 Å². The maximum Gasteiger partial charge on any atom is 0.277 e. The van der Waals surface area contributed by atoms with Crippen LogP contribution in [0.4, 0.5) is 0 Å². The van der Waals surface area contributed by atoms with Crippen LogP contribution in [0.2, 0.25) is 0 Å². The summed E-state index contributed by atoms with van der Waals surface area (Å²) in [5, 5.41) is 2.37. The Hall–Kier alpha value is -3.60. The highest BCUT2D eigenvalue weighted by Crippen LogP contribution is 2.31. The van der Waals surface area contributed by atoms with E-state index in [-0.39, 0.29) is 5.91 Å². The minimum atomic E-state index is -0.00264. The summed E-state index contributed by atoms with van der Waals surface area (Å²) in [6.45, 7) is 1.21. The average molecular weight is 427 g/mol. The Labute approximate surface area is 188 Å². The lowest BCUT2D eigenvalue weighted by Gasteiger charge is -2.14. The van der Waals surface area contributed by atoms with E-state index in [1.807, 2.05) is 47.4 Å². The highest BCUT2D eigenvalue weighted by atomic mass is 16.5. The van der Waals surface area contributed by atoms with Crippen molar-refractivity contribution in [1.82, 2.24) is 4.90 Å². The first-order valence-electron chi connectivity index (χ1n) is 11.1. The molecular weight excluding hydrogens is 400 g/mol. The number of amidine groups is 1. The largest absolute Gasteiger partial charge is 0.493 e. The van der Waals surface area contributed by atoms with E-state index < -0.39 is 0 Å². The predicted octanol–water partition coefficient (Wildman–Crippen LogP) is 5.58. The van der Waals surface area contributed by atoms with Crippen molar-refractivity contribution in [2.24, 2.45) is 4.99 Å². The maximum atomic E-state index is 12.8. The monoisotopic (exact) mass is 426 g/mol. The van der Waals surface area contributed by atoms with Crippen molar-refractivity contribution in [1.29, 1.82) is 0 Å². The van der Waals surface area contributed by atoms with Crippen LogP contribution < -0.4 is 9.47 Å². The number of carbonyl (C=O) groups is 1. The molecule has 2 heterocycles. The molecule has 0 bridgehead atoms. The zero-order valence-corrected chi connectivity index (χ0v) is 18.2. The molecule has 3 aromatic carbocycles. The van der Waals surface area contributed by atoms with E-state index in [4.69, 9.17) is 9.47 Å². The van der Waals surface area contributed by atoms with Gasteiger partial charge in [0.1, 0.15) is 18.1 Å². The zero-order chi connectivity index (χ0) is 21.9. The Morgan fingerprint density at radius 2 is 1.88 bits per heavy atom. The number of nitrogens with zero attached hydrogens (tertiary/aromatic N) is 2. The van der Waals surface area contributed by atoms with Gasteiger partial charge in [-0.3, -0.25) is 9.69 Å². The number of benzene rings is 3. The van der Waals surface area contributed by atoms with Crippen molar-refractivity contribution in [2.75, 3.05) is 13.7 Å². The van der Waals surface area contributed by atoms with Gasteiger partial charge in [0.05, 0.1) is 7.11 Å². The van der Waals surface area contributed by atoms with Crippen LogP contribution >= 0.6 is 0 Å². The van der Waals surface area contributed by atoms with Crippen LogP contribution in [-0.2, 0) is 11.4 Å². The first-order chi connectivity index (χ1) is 15.7. The topological polar surface area (TPSA) is 51.1 Å². The molecule has 0 radical (unpaired) electrons. The van der Waals surface area contributed by atoms with Crippen LogP contribution in [0.25, 0.3) is 16.8 Å². The fourth-order valence-electron chi connectivity index (χ4n) is 4.37. The molecule has 5 heteroatoms. The second-order valence-electron chi connectivity index (χ2n) is 8.16. The molecule has 1 fully saturated rings. The summed E-state index contributed by atoms with van der Waals surface area (Å²) in [6.07, 6.45) is 5.98. The van der Waals surface area contributed by atoms with Gasteiger partial charge in [0.2, 0.25) is 0 Å². The Balaban J connectivity index is 1.36. The maximum absolute atomic E-state index is 12.8. The van der Waals surface area contributed by atoms with Crippen molar-refractivity contribution in [2.45, 2.75) is 32.3 Å². The summed E-state index contributed by atoms with van der Waals surface area (Å²) in [4.78, 5) is 19.2. The molecule has 3 aromatic rings. The summed E-state index contributed by atoms with van der Waals surface area (Å²) in [5.41, 5.74) is 2.48. The average Bonchev–Trinajstić information content (AvgIpc) is 2.98. The summed E-state index contributed by atoms with van der Waals surface area (Å²) in [5.74, 6) is 2.20. The first kappa shape index (κ1) is 20.3. The van der Waals surface area contributed by atoms with Crippen molar-refractivity contribution in [3.8, 4) is 11.5 Å². The van der Waals surface area contributed by atoms with E-state index in [1.54, 1.807) is 7.11 Å². The molecule has 1 saturated heterocycles. The Bertz CT molecular complexity index is 1220. The molecule has 0 spiro atoms. The lowest BCUT2D eigenvalue weighted by atomic mass is 10.1. The molecule has 0 aliphatic carbocycles. The van der Waals surface area contributed by atoms with Gasteiger partial charge in [-0.1, -0.05) is 55.0 Å². The van der Waals surface area contributed by atoms with Crippen LogP contribution in [0, 0.1) is 0 Å². The van der Waals surface area contributed by atoms with E-state index >= 15 is 0 Å². The third-order valence-electron chi connectivity index (χ3n) is 6.06. The molecule has 0 N–H and O–H groups in total. The molecule has 162 valence electrons. The Morgan fingerprint density at radius 3 is 2.78 bits per heavy atom. The number of rotatable bonds is 5. The number of methoxy groups -OCH3 is 1. The summed E-state index contributed by atoms with van der Waals surface area (Å²) >= 11 is 0. The minimum absolute atomic E-state index is 0.00264. The van der Waals surface area contributed by atoms with Gasteiger partial charge in [0.25, 0.3) is 5.91 Å². The lowest BCUT2D eigenvalue weighted by molar-refractivity contribution is -0.122. The molecule has 0 atom stereocenters. The van der Waals surface area contributed by atoms with Gasteiger partial charge in [-0.25, -0.2) is 4.99 Å². The molecule has 5 nitrogen and oxygen atoms in total. The van der Waals surface area contributed by atoms with Gasteiger partial charge < -0.3 is 9.47 Å². The molecule has 0 unspecified atom stereocenters. The van der Waals surface area contributed by atoms with Gasteiger partial charge in [-0.15, -0.1) is 0 Å². The fourth-order valence-corrected chi connectivity index (χ4v) is 4.37. The number of carbonyl (C=O) groups excluding carboxylic acids is 1. The smallest absolute Gasteiger partial charge is 0.277 e. The minimum Gasteiger partial charge on any atom is -0.493 e. The number of hydrogen-bond acceptors (Lipinski definition) is 4. The first-order valence-corrected chi connectivity index (χ1v) is 11.1. The molecule has 32 heavy (non-hydrogen) atoms. The molecule has 1 amide bonds. The second kappa shape index (κ2) is 8.87. The van der Waals surface area contributed by atoms with Crippen LogP contribution in [0.3, 0.4) is 0 Å². The van der Waals surface area contributed by atoms with Gasteiger partial charge >= 0.3 is 0 Å². The highest BCUT2D eigenvalue weighted by Gasteiger charge is 2.30. The number of fused-ring (bicyclic) bond motifs is 2. The molecule has 0 aromatic heterocycles. The summed E-state index contributed by atoms with van der Waals surface area (Å²) < 4.78 is 11.7. The Kier molecular flexibility index (Phi) is 5.63. The standard InChI is InChI=1S/C27H26N2O3/c1-31-25-17-19(16-23-27(30)29-15-6-2-3-12-26(29)28-23)13-14-24(25)32-18-21-10-7-9-20-8-4-5-11-22(20)21/h4-5,7-11,13-14,16-17H,2-3,6,12,15,18H2,1H3/b23-16+. The van der Waals surface area contributed by atoms with Crippen molar-refractivity contribution in [3.05, 3.63) is 77.5 Å². The zero-order valence-electron chi connectivity index (χ0n) is 18.2. The van der Waals surface area contributed by atoms with Crippen molar-refractivity contribution in [3.63, 3.8) is 0 Å². The van der Waals surface area contributed by atoms with E-state index in [9.17, 15) is 4.79 Å². The number of aliphatic imine (C=N–C) groups is 1. The normalized spacial score (nSPS) is 17.3. The van der Waals surface area contributed by atoms with Crippen LogP contribution in [0.5, 0.6) is 11.5 Å². The van der Waals surface area contributed by atoms with Gasteiger partial charge in [-0.2, -0.15) is 0 Å². The fraction of sp³-hybridized carbons (Fsp3) is 0.259. The van der Waals surface area contributed by atoms with Crippen molar-refractivity contribution >= 4 is 28.6 Å². The molecule has 2 aliphatic rings. The highest BCUT2D eigenvalue weighted by molar-refractivity contribution is 6.14. The van der Waals surface area contributed by atoms with Crippen LogP contribution in [0.15, 0.2) is 71.4 Å². The van der Waals surface area contributed by atoms with E-state index in [1.165, 1.54) is 10.8 Å². The second-order valence-corrected chi connectivity index (χ2v) is 8.16. The Morgan fingerprint density at radius 1 is 1.00 bits per heavy atom. The van der Waals surface area contributed by atoms with E-state index in [2.05, 4.69) is 29.3 Å². The summed E-state index contributed by atoms with van der Waals surface area (Å²) in [7, 11) is 1.63. The van der Waals surface area contributed by atoms with Gasteiger partial charge in [0.15, 0.2) is 11.5 Å². The molecule has 5 rings (SSSR count). The number of ether oxygens (including phenoxy) is 2. The quantitative estimate of drug-likeness (QED) is 0.500. The molecule has 0 saturated carbocycles. The SMILES string of the molecule is COc1cc(/C=C2/N=C3CCCCCN3C2=O)ccc1OCc1cccc2ccccc12. The van der Waals surface area contributed by atoms with Gasteiger partial charge in [0, 0.05) is 13.0 Å². The third kappa shape index (κ3) is 3.98. The number of hydrogen-bond donors (Lipinski definition) is 0. The predicted molar refractivity (Wildman–Crippen MR) is 127 cm³/mol. The number of amides is 1. The third-order valence-corrected chi connectivity index (χ3v) is 6.06. The van der Waals surface area contributed by atoms with Crippen molar-refractivity contribution < 1.29 is 14.3 Å². The van der Waals surface area contributed by atoms with Gasteiger partial charge in [-0.05, 0) is 52.9 Å². The van der Waals surface area contributed by atoms with E-state index in [0.29, 0.717) is 23.8 Å². The molecular formula is C27H26N2O3. The molecule has 2 aliphatic heterocycles.